The quantitative estimate of drug-likeness (QED) is 0.886. The van der Waals surface area contributed by atoms with E-state index in [4.69, 9.17) is 0 Å². The van der Waals surface area contributed by atoms with Crippen molar-refractivity contribution in [1.29, 1.82) is 0 Å². The Kier molecular flexibility index (Phi) is 4.58. The Labute approximate surface area is 125 Å². The number of hydrogen-bond donors (Lipinski definition) is 2. The van der Waals surface area contributed by atoms with Gasteiger partial charge < -0.3 is 15.0 Å². The normalized spacial score (nSPS) is 22.8. The van der Waals surface area contributed by atoms with Gasteiger partial charge in [-0.2, -0.15) is 0 Å². The van der Waals surface area contributed by atoms with Gasteiger partial charge >= 0.3 is 0 Å². The van der Waals surface area contributed by atoms with Gasteiger partial charge in [0.25, 0.3) is 0 Å². The Morgan fingerprint density at radius 1 is 1.33 bits per heavy atom. The summed E-state index contributed by atoms with van der Waals surface area (Å²) in [7, 11) is 0. The third-order valence-corrected chi connectivity index (χ3v) is 4.98. The van der Waals surface area contributed by atoms with E-state index >= 15 is 0 Å². The minimum atomic E-state index is 0.0476. The fourth-order valence-electron chi connectivity index (χ4n) is 3.82. The topological polar surface area (TPSA) is 69.2 Å². The Hall–Kier alpha value is -1.36. The highest BCUT2D eigenvalue weighted by Crippen LogP contribution is 2.28. The second-order valence-electron chi connectivity index (χ2n) is 6.31. The summed E-state index contributed by atoms with van der Waals surface area (Å²) in [6.45, 7) is 0.542. The molecule has 1 aromatic heterocycles. The van der Waals surface area contributed by atoms with E-state index in [1.165, 1.54) is 19.3 Å². The standard InChI is InChI=1S/C16H25N3O2/c20-9-8-19(13-4-2-1-3-5-13)16(21)12-6-7-14-15(10-12)18-11-17-14/h11-13,20H,1-10H2,(H,17,18). The van der Waals surface area contributed by atoms with Crippen LogP contribution in [0, 0.1) is 5.92 Å². The summed E-state index contributed by atoms with van der Waals surface area (Å²) in [5, 5.41) is 9.33. The molecule has 1 unspecified atom stereocenters. The van der Waals surface area contributed by atoms with Gasteiger partial charge in [-0.05, 0) is 25.7 Å². The number of amides is 1. The predicted molar refractivity (Wildman–Crippen MR) is 79.8 cm³/mol. The highest BCUT2D eigenvalue weighted by Gasteiger charge is 2.33. The lowest BCUT2D eigenvalue weighted by molar-refractivity contribution is -0.139. The maximum absolute atomic E-state index is 12.9. The Bertz CT molecular complexity index is 480. The zero-order chi connectivity index (χ0) is 14.7. The minimum Gasteiger partial charge on any atom is -0.395 e. The molecule has 0 bridgehead atoms. The van der Waals surface area contributed by atoms with Crippen LogP contribution in [0.4, 0.5) is 0 Å². The summed E-state index contributed by atoms with van der Waals surface area (Å²) in [5.41, 5.74) is 2.23. The van der Waals surface area contributed by atoms with Crippen LogP contribution >= 0.6 is 0 Å². The lowest BCUT2D eigenvalue weighted by atomic mass is 9.87. The van der Waals surface area contributed by atoms with Crippen LogP contribution in [-0.4, -0.2) is 45.1 Å². The molecule has 1 heterocycles. The van der Waals surface area contributed by atoms with Crippen LogP contribution in [0.1, 0.15) is 49.9 Å². The molecular weight excluding hydrogens is 266 g/mol. The fraction of sp³-hybridized carbons (Fsp3) is 0.750. The number of nitrogens with one attached hydrogen (secondary N) is 1. The zero-order valence-electron chi connectivity index (χ0n) is 12.6. The molecule has 0 aliphatic heterocycles. The third-order valence-electron chi connectivity index (χ3n) is 4.98. The number of imidazole rings is 1. The Morgan fingerprint density at radius 2 is 2.14 bits per heavy atom. The van der Waals surface area contributed by atoms with Gasteiger partial charge in [-0.15, -0.1) is 0 Å². The molecule has 1 amide bonds. The summed E-state index contributed by atoms with van der Waals surface area (Å²) < 4.78 is 0. The van der Waals surface area contributed by atoms with Crippen LogP contribution in [0.2, 0.25) is 0 Å². The summed E-state index contributed by atoms with van der Waals surface area (Å²) in [6.07, 6.45) is 10.1. The van der Waals surface area contributed by atoms with Crippen molar-refractivity contribution in [3.8, 4) is 0 Å². The summed E-state index contributed by atoms with van der Waals surface area (Å²) in [4.78, 5) is 22.3. The van der Waals surface area contributed by atoms with Crippen LogP contribution < -0.4 is 0 Å². The van der Waals surface area contributed by atoms with Crippen LogP contribution in [-0.2, 0) is 17.6 Å². The van der Waals surface area contributed by atoms with Crippen molar-refractivity contribution < 1.29 is 9.90 Å². The highest BCUT2D eigenvalue weighted by molar-refractivity contribution is 5.79. The monoisotopic (exact) mass is 291 g/mol. The summed E-state index contributed by atoms with van der Waals surface area (Å²) in [5.74, 6) is 0.280. The number of aliphatic hydroxyl groups excluding tert-OH is 1. The van der Waals surface area contributed by atoms with Gasteiger partial charge in [0.1, 0.15) is 0 Å². The number of carbonyl (C=O) groups is 1. The average molecular weight is 291 g/mol. The Balaban J connectivity index is 1.69. The van der Waals surface area contributed by atoms with Crippen molar-refractivity contribution in [2.24, 2.45) is 5.92 Å². The maximum Gasteiger partial charge on any atom is 0.226 e. The highest BCUT2D eigenvalue weighted by atomic mass is 16.3. The summed E-state index contributed by atoms with van der Waals surface area (Å²) >= 11 is 0. The van der Waals surface area contributed by atoms with Crippen molar-refractivity contribution in [3.05, 3.63) is 17.7 Å². The molecule has 116 valence electrons. The second kappa shape index (κ2) is 6.60. The molecule has 0 spiro atoms. The van der Waals surface area contributed by atoms with E-state index in [9.17, 15) is 9.90 Å². The van der Waals surface area contributed by atoms with E-state index in [1.807, 2.05) is 4.90 Å². The number of aryl methyl sites for hydroxylation is 1. The van der Waals surface area contributed by atoms with Crippen molar-refractivity contribution >= 4 is 5.91 Å². The SMILES string of the molecule is O=C(C1CCc2nc[nH]c2C1)N(CCO)C1CCCCC1. The minimum absolute atomic E-state index is 0.0476. The largest absolute Gasteiger partial charge is 0.395 e. The van der Waals surface area contributed by atoms with Gasteiger partial charge in [-0.25, -0.2) is 4.98 Å². The number of aromatic amines is 1. The Morgan fingerprint density at radius 3 is 2.90 bits per heavy atom. The van der Waals surface area contributed by atoms with Crippen LogP contribution in [0.3, 0.4) is 0 Å². The van der Waals surface area contributed by atoms with Gasteiger partial charge in [-0.1, -0.05) is 19.3 Å². The molecular formula is C16H25N3O2. The molecule has 0 radical (unpaired) electrons. The van der Waals surface area contributed by atoms with Gasteiger partial charge in [0.2, 0.25) is 5.91 Å². The molecule has 5 heteroatoms. The smallest absolute Gasteiger partial charge is 0.226 e. The average Bonchev–Trinajstić information content (AvgIpc) is 3.00. The number of aromatic nitrogens is 2. The first-order valence-corrected chi connectivity index (χ1v) is 8.22. The van der Waals surface area contributed by atoms with Crippen molar-refractivity contribution in [3.63, 3.8) is 0 Å². The first-order valence-electron chi connectivity index (χ1n) is 8.22. The molecule has 1 saturated carbocycles. The van der Waals surface area contributed by atoms with E-state index in [1.54, 1.807) is 6.33 Å². The molecule has 1 atom stereocenters. The predicted octanol–water partition coefficient (Wildman–Crippen LogP) is 1.67. The number of carbonyl (C=O) groups excluding carboxylic acids is 1. The number of aliphatic hydroxyl groups is 1. The molecule has 2 aliphatic rings. The first-order chi connectivity index (χ1) is 10.3. The van der Waals surface area contributed by atoms with E-state index in [0.29, 0.717) is 12.6 Å². The fourth-order valence-corrected chi connectivity index (χ4v) is 3.82. The van der Waals surface area contributed by atoms with Crippen LogP contribution in [0.25, 0.3) is 0 Å². The molecule has 3 rings (SSSR count). The van der Waals surface area contributed by atoms with E-state index in [0.717, 1.165) is 43.5 Å². The third kappa shape index (κ3) is 3.12. The lowest BCUT2D eigenvalue weighted by Gasteiger charge is -2.37. The van der Waals surface area contributed by atoms with Crippen molar-refractivity contribution in [2.75, 3.05) is 13.2 Å². The van der Waals surface area contributed by atoms with Gasteiger partial charge in [-0.3, -0.25) is 4.79 Å². The van der Waals surface area contributed by atoms with E-state index < -0.39 is 0 Å². The molecule has 2 aliphatic carbocycles. The molecule has 5 nitrogen and oxygen atoms in total. The molecule has 21 heavy (non-hydrogen) atoms. The van der Waals surface area contributed by atoms with Crippen molar-refractivity contribution in [1.82, 2.24) is 14.9 Å². The number of nitrogens with zero attached hydrogens (tertiary/aromatic N) is 2. The maximum atomic E-state index is 12.9. The van der Waals surface area contributed by atoms with Gasteiger partial charge in [0.15, 0.2) is 0 Å². The zero-order valence-corrected chi connectivity index (χ0v) is 12.6. The molecule has 2 N–H and O–H groups in total. The van der Waals surface area contributed by atoms with Crippen LogP contribution in [0.5, 0.6) is 0 Å². The number of H-pyrrole nitrogens is 1. The van der Waals surface area contributed by atoms with Gasteiger partial charge in [0.05, 0.1) is 18.6 Å². The number of rotatable bonds is 4. The van der Waals surface area contributed by atoms with E-state index in [2.05, 4.69) is 9.97 Å². The molecule has 0 saturated heterocycles. The second-order valence-corrected chi connectivity index (χ2v) is 6.31. The lowest BCUT2D eigenvalue weighted by Crippen LogP contribution is -2.47. The summed E-state index contributed by atoms with van der Waals surface area (Å²) in [6, 6.07) is 0.335. The van der Waals surface area contributed by atoms with Crippen LogP contribution in [0.15, 0.2) is 6.33 Å². The number of fused-ring (bicyclic) bond motifs is 1. The molecule has 1 fully saturated rings. The van der Waals surface area contributed by atoms with E-state index in [-0.39, 0.29) is 18.4 Å². The number of hydrogen-bond acceptors (Lipinski definition) is 3. The van der Waals surface area contributed by atoms with Crippen molar-refractivity contribution in [2.45, 2.75) is 57.4 Å². The van der Waals surface area contributed by atoms with Gasteiger partial charge in [0, 0.05) is 30.6 Å². The molecule has 1 aromatic rings. The first kappa shape index (κ1) is 14.6. The molecule has 0 aromatic carbocycles.